The molecule has 2 atom stereocenters. The number of hydrogen-bond acceptors (Lipinski definition) is 6. The van der Waals surface area contributed by atoms with Crippen molar-refractivity contribution in [1.29, 1.82) is 0 Å². The molecule has 3 amide bonds. The topological polar surface area (TPSA) is 194 Å². The summed E-state index contributed by atoms with van der Waals surface area (Å²) in [6.07, 6.45) is 0.402. The lowest BCUT2D eigenvalue weighted by atomic mass is 10.1. The average molecular weight is 452 g/mol. The third-order valence-corrected chi connectivity index (χ3v) is 4.32. The van der Waals surface area contributed by atoms with Crippen LogP contribution in [0.15, 0.2) is 30.3 Å². The predicted molar refractivity (Wildman–Crippen MR) is 113 cm³/mol. The van der Waals surface area contributed by atoms with Crippen molar-refractivity contribution in [3.63, 3.8) is 0 Å². The van der Waals surface area contributed by atoms with Crippen LogP contribution in [0.1, 0.15) is 32.1 Å². The van der Waals surface area contributed by atoms with Gasteiger partial charge in [-0.15, -0.1) is 0 Å². The Kier molecular flexibility index (Phi) is 11.8. The molecule has 0 aliphatic heterocycles. The van der Waals surface area contributed by atoms with Gasteiger partial charge in [0.2, 0.25) is 5.91 Å². The maximum atomic E-state index is 12.0. The molecule has 0 heterocycles. The van der Waals surface area contributed by atoms with Crippen LogP contribution in [-0.4, -0.2) is 70.3 Å². The molecule has 0 spiro atoms. The third kappa shape index (κ3) is 11.5. The van der Waals surface area contributed by atoms with E-state index in [9.17, 15) is 29.1 Å². The van der Waals surface area contributed by atoms with E-state index in [1.54, 1.807) is 24.3 Å². The van der Waals surface area contributed by atoms with Gasteiger partial charge in [0, 0.05) is 18.7 Å². The molecular weight excluding hydrogens is 424 g/mol. The summed E-state index contributed by atoms with van der Waals surface area (Å²) in [4.78, 5) is 56.7. The molecule has 0 aliphatic carbocycles. The standard InChI is InChI=1S/C20H28N4O8/c25-16(12-22-14(18(28)29)9-10-17(26)27)24-15(19(30)31)8-4-5-11-21-20(32)23-13-6-2-1-3-7-13/h1-3,6-7,14-15,22H,4-5,8-12H2,(H,24,25)(H,26,27)(H,28,29)(H,30,31)(H2,21,23,32)/t14-,15-/m0/s1. The van der Waals surface area contributed by atoms with Gasteiger partial charge >= 0.3 is 23.9 Å². The summed E-state index contributed by atoms with van der Waals surface area (Å²) in [7, 11) is 0. The summed E-state index contributed by atoms with van der Waals surface area (Å²) in [5.74, 6) is -4.44. The van der Waals surface area contributed by atoms with Crippen LogP contribution in [0.2, 0.25) is 0 Å². The molecule has 1 aromatic rings. The van der Waals surface area contributed by atoms with Gasteiger partial charge in [0.25, 0.3) is 0 Å². The SMILES string of the molecule is O=C(O)CC[C@H](NCC(=O)N[C@@H](CCCCNC(=O)Nc1ccccc1)C(=O)O)C(=O)O. The lowest BCUT2D eigenvalue weighted by Gasteiger charge is -2.17. The first-order chi connectivity index (χ1) is 15.2. The molecular formula is C20H28N4O8. The Morgan fingerprint density at radius 1 is 0.844 bits per heavy atom. The average Bonchev–Trinajstić information content (AvgIpc) is 2.72. The normalized spacial score (nSPS) is 12.2. The number of carbonyl (C=O) groups excluding carboxylic acids is 2. The zero-order valence-corrected chi connectivity index (χ0v) is 17.4. The first-order valence-corrected chi connectivity index (χ1v) is 9.99. The van der Waals surface area contributed by atoms with Gasteiger partial charge < -0.3 is 31.3 Å². The highest BCUT2D eigenvalue weighted by molar-refractivity contribution is 5.89. The Hall–Kier alpha value is -3.67. The number of carboxylic acids is 3. The molecule has 0 saturated carbocycles. The first-order valence-electron chi connectivity index (χ1n) is 9.99. The van der Waals surface area contributed by atoms with Crippen LogP contribution in [0.5, 0.6) is 0 Å². The molecule has 0 radical (unpaired) electrons. The Bertz CT molecular complexity index is 787. The van der Waals surface area contributed by atoms with Crippen LogP contribution in [0.4, 0.5) is 10.5 Å². The first kappa shape index (κ1) is 26.4. The monoisotopic (exact) mass is 452 g/mol. The van der Waals surface area contributed by atoms with E-state index >= 15 is 0 Å². The second-order valence-corrected chi connectivity index (χ2v) is 6.91. The highest BCUT2D eigenvalue weighted by Gasteiger charge is 2.22. The van der Waals surface area contributed by atoms with Crippen LogP contribution in [0.25, 0.3) is 0 Å². The zero-order valence-electron chi connectivity index (χ0n) is 17.4. The highest BCUT2D eigenvalue weighted by atomic mass is 16.4. The number of hydrogen-bond donors (Lipinski definition) is 7. The number of benzene rings is 1. The number of anilines is 1. The summed E-state index contributed by atoms with van der Waals surface area (Å²) in [6.45, 7) is -0.161. The molecule has 1 rings (SSSR count). The molecule has 0 unspecified atom stereocenters. The molecule has 0 bridgehead atoms. The van der Waals surface area contributed by atoms with Crippen molar-refractivity contribution in [3.05, 3.63) is 30.3 Å². The molecule has 12 nitrogen and oxygen atoms in total. The fourth-order valence-corrected chi connectivity index (χ4v) is 2.67. The van der Waals surface area contributed by atoms with Gasteiger partial charge in [-0.1, -0.05) is 18.2 Å². The minimum Gasteiger partial charge on any atom is -0.481 e. The summed E-state index contributed by atoms with van der Waals surface area (Å²) in [5, 5.41) is 36.9. The minimum atomic E-state index is -1.31. The summed E-state index contributed by atoms with van der Waals surface area (Å²) >= 11 is 0. The number of carbonyl (C=O) groups is 5. The number of para-hydroxylation sites is 1. The van der Waals surface area contributed by atoms with Gasteiger partial charge in [-0.25, -0.2) is 9.59 Å². The third-order valence-electron chi connectivity index (χ3n) is 4.32. The van der Waals surface area contributed by atoms with Crippen molar-refractivity contribution in [2.75, 3.05) is 18.4 Å². The molecule has 0 aromatic heterocycles. The molecule has 1 aromatic carbocycles. The zero-order chi connectivity index (χ0) is 23.9. The fraction of sp³-hybridized carbons (Fsp3) is 0.450. The Morgan fingerprint density at radius 2 is 1.50 bits per heavy atom. The summed E-state index contributed by atoms with van der Waals surface area (Å²) < 4.78 is 0. The van der Waals surface area contributed by atoms with E-state index in [0.717, 1.165) is 0 Å². The van der Waals surface area contributed by atoms with E-state index in [4.69, 9.17) is 10.2 Å². The second-order valence-electron chi connectivity index (χ2n) is 6.91. The van der Waals surface area contributed by atoms with Crippen LogP contribution >= 0.6 is 0 Å². The largest absolute Gasteiger partial charge is 0.481 e. The van der Waals surface area contributed by atoms with Crippen molar-refractivity contribution in [1.82, 2.24) is 16.0 Å². The fourth-order valence-electron chi connectivity index (χ4n) is 2.67. The van der Waals surface area contributed by atoms with Crippen LogP contribution in [-0.2, 0) is 19.2 Å². The molecule has 0 saturated heterocycles. The predicted octanol–water partition coefficient (Wildman–Crippen LogP) is 0.455. The lowest BCUT2D eigenvalue weighted by Crippen LogP contribution is -2.48. The number of carboxylic acid groups (broad SMARTS) is 3. The van der Waals surface area contributed by atoms with Gasteiger partial charge in [-0.2, -0.15) is 0 Å². The van der Waals surface area contributed by atoms with Crippen LogP contribution < -0.4 is 21.3 Å². The van der Waals surface area contributed by atoms with E-state index in [-0.39, 0.29) is 25.3 Å². The maximum Gasteiger partial charge on any atom is 0.326 e. The molecule has 0 fully saturated rings. The minimum absolute atomic E-state index is 0.116. The number of urea groups is 1. The van der Waals surface area contributed by atoms with Crippen molar-refractivity contribution < 1.29 is 39.3 Å². The Labute approximate surface area is 184 Å². The van der Waals surface area contributed by atoms with E-state index in [1.165, 1.54) is 0 Å². The van der Waals surface area contributed by atoms with Crippen molar-refractivity contribution in [2.24, 2.45) is 0 Å². The highest BCUT2D eigenvalue weighted by Crippen LogP contribution is 2.05. The maximum absolute atomic E-state index is 12.0. The lowest BCUT2D eigenvalue weighted by molar-refractivity contribution is -0.143. The van der Waals surface area contributed by atoms with E-state index in [1.807, 2.05) is 6.07 Å². The molecule has 176 valence electrons. The Balaban J connectivity index is 2.31. The number of aliphatic carboxylic acids is 3. The van der Waals surface area contributed by atoms with Gasteiger partial charge in [0.15, 0.2) is 0 Å². The molecule has 0 aliphatic rings. The van der Waals surface area contributed by atoms with Crippen molar-refractivity contribution in [3.8, 4) is 0 Å². The van der Waals surface area contributed by atoms with Gasteiger partial charge in [0.05, 0.1) is 6.54 Å². The quantitative estimate of drug-likeness (QED) is 0.185. The Morgan fingerprint density at radius 3 is 2.09 bits per heavy atom. The summed E-state index contributed by atoms with van der Waals surface area (Å²) in [5.41, 5.74) is 0.639. The number of rotatable bonds is 15. The van der Waals surface area contributed by atoms with E-state index < -0.39 is 42.4 Å². The van der Waals surface area contributed by atoms with Crippen LogP contribution in [0, 0.1) is 0 Å². The summed E-state index contributed by atoms with van der Waals surface area (Å²) in [6, 6.07) is 6.05. The van der Waals surface area contributed by atoms with Gasteiger partial charge in [-0.3, -0.25) is 19.7 Å². The van der Waals surface area contributed by atoms with Gasteiger partial charge in [-0.05, 0) is 37.8 Å². The molecule has 12 heteroatoms. The number of nitrogens with one attached hydrogen (secondary N) is 4. The van der Waals surface area contributed by atoms with Crippen molar-refractivity contribution >= 4 is 35.5 Å². The number of unbranched alkanes of at least 4 members (excludes halogenated alkanes) is 1. The number of amides is 3. The van der Waals surface area contributed by atoms with E-state index in [0.29, 0.717) is 25.1 Å². The van der Waals surface area contributed by atoms with E-state index in [2.05, 4.69) is 21.3 Å². The molecule has 32 heavy (non-hydrogen) atoms. The smallest absolute Gasteiger partial charge is 0.326 e. The van der Waals surface area contributed by atoms with Crippen LogP contribution in [0.3, 0.4) is 0 Å². The van der Waals surface area contributed by atoms with Crippen molar-refractivity contribution in [2.45, 2.75) is 44.2 Å². The molecule has 7 N–H and O–H groups in total. The second kappa shape index (κ2) is 14.4. The van der Waals surface area contributed by atoms with Gasteiger partial charge in [0.1, 0.15) is 12.1 Å².